The highest BCUT2D eigenvalue weighted by Crippen LogP contribution is 2.21. The maximum atomic E-state index is 12.7. The van der Waals surface area contributed by atoms with Gasteiger partial charge in [-0.3, -0.25) is 9.78 Å². The van der Waals surface area contributed by atoms with Crippen molar-refractivity contribution in [1.29, 1.82) is 0 Å². The van der Waals surface area contributed by atoms with Gasteiger partial charge in [0.25, 0.3) is 5.89 Å². The minimum atomic E-state index is -0.132. The summed E-state index contributed by atoms with van der Waals surface area (Å²) in [5.74, 6) is 0.618. The first kappa shape index (κ1) is 13.4. The molecule has 1 aromatic carbocycles. The number of hydrogen-bond acceptors (Lipinski definition) is 5. The van der Waals surface area contributed by atoms with Crippen LogP contribution in [0.2, 0.25) is 0 Å². The van der Waals surface area contributed by atoms with Gasteiger partial charge in [-0.05, 0) is 31.2 Å². The summed E-state index contributed by atoms with van der Waals surface area (Å²) in [4.78, 5) is 24.0. The Morgan fingerprint density at radius 3 is 2.78 bits per heavy atom. The molecule has 0 spiro atoms. The quantitative estimate of drug-likeness (QED) is 0.615. The first-order valence-corrected chi connectivity index (χ1v) is 7.09. The van der Waals surface area contributed by atoms with E-state index in [4.69, 9.17) is 4.52 Å². The normalized spacial score (nSPS) is 11.0. The zero-order chi connectivity index (χ0) is 15.8. The van der Waals surface area contributed by atoms with E-state index in [2.05, 4.69) is 20.1 Å². The molecular formula is C17H12N4O2. The monoisotopic (exact) mass is 304 g/mol. The van der Waals surface area contributed by atoms with Crippen LogP contribution in [-0.2, 0) is 0 Å². The lowest BCUT2D eigenvalue weighted by atomic mass is 10.1. The highest BCUT2D eigenvalue weighted by atomic mass is 16.5. The lowest BCUT2D eigenvalue weighted by molar-refractivity contribution is 0.432. The number of aromatic nitrogens is 4. The van der Waals surface area contributed by atoms with Crippen molar-refractivity contribution in [3.8, 4) is 22.8 Å². The minimum absolute atomic E-state index is 0.132. The van der Waals surface area contributed by atoms with Crippen LogP contribution >= 0.6 is 0 Å². The Bertz CT molecular complexity index is 1050. The van der Waals surface area contributed by atoms with Crippen LogP contribution in [0.1, 0.15) is 5.56 Å². The number of aromatic amines is 1. The Morgan fingerprint density at radius 2 is 1.96 bits per heavy atom. The van der Waals surface area contributed by atoms with Crippen molar-refractivity contribution in [2.24, 2.45) is 0 Å². The average molecular weight is 304 g/mol. The molecule has 0 bridgehead atoms. The zero-order valence-electron chi connectivity index (χ0n) is 12.3. The smallest absolute Gasteiger partial charge is 0.263 e. The van der Waals surface area contributed by atoms with E-state index in [9.17, 15) is 4.79 Å². The third kappa shape index (κ3) is 2.30. The number of aryl methyl sites for hydroxylation is 1. The van der Waals surface area contributed by atoms with Crippen molar-refractivity contribution < 1.29 is 4.52 Å². The predicted octanol–water partition coefficient (Wildman–Crippen LogP) is 2.95. The van der Waals surface area contributed by atoms with E-state index in [-0.39, 0.29) is 11.3 Å². The summed E-state index contributed by atoms with van der Waals surface area (Å²) in [7, 11) is 0. The van der Waals surface area contributed by atoms with E-state index in [1.165, 1.54) is 0 Å². The SMILES string of the molecule is Cc1ccc2[nH]cc(-c3nc(-c4ccncc4)no3)c(=O)c2c1. The summed E-state index contributed by atoms with van der Waals surface area (Å²) < 4.78 is 5.26. The molecule has 0 radical (unpaired) electrons. The van der Waals surface area contributed by atoms with Gasteiger partial charge in [-0.25, -0.2) is 0 Å². The second kappa shape index (κ2) is 5.17. The molecule has 0 saturated heterocycles. The van der Waals surface area contributed by atoms with E-state index >= 15 is 0 Å². The van der Waals surface area contributed by atoms with Crippen molar-refractivity contribution >= 4 is 10.9 Å². The molecule has 0 atom stereocenters. The molecule has 0 aliphatic rings. The van der Waals surface area contributed by atoms with E-state index in [1.54, 1.807) is 30.7 Å². The fourth-order valence-corrected chi connectivity index (χ4v) is 2.44. The van der Waals surface area contributed by atoms with Gasteiger partial charge >= 0.3 is 0 Å². The topological polar surface area (TPSA) is 84.7 Å². The van der Waals surface area contributed by atoms with Gasteiger partial charge in [-0.15, -0.1) is 0 Å². The molecule has 0 unspecified atom stereocenters. The number of H-pyrrole nitrogens is 1. The standard InChI is InChI=1S/C17H12N4O2/c1-10-2-3-14-12(8-10)15(22)13(9-19-14)17-20-16(21-23-17)11-4-6-18-7-5-11/h2-9H,1H3,(H,19,22). The van der Waals surface area contributed by atoms with Gasteiger partial charge in [0.05, 0.1) is 0 Å². The van der Waals surface area contributed by atoms with E-state index < -0.39 is 0 Å². The number of nitrogens with zero attached hydrogens (tertiary/aromatic N) is 3. The molecule has 0 aliphatic heterocycles. The van der Waals surface area contributed by atoms with Crippen LogP contribution in [-0.4, -0.2) is 20.1 Å². The van der Waals surface area contributed by atoms with Gasteiger partial charge in [0.2, 0.25) is 11.3 Å². The second-order valence-electron chi connectivity index (χ2n) is 5.24. The number of benzene rings is 1. The molecule has 6 nitrogen and oxygen atoms in total. The molecule has 3 aromatic heterocycles. The van der Waals surface area contributed by atoms with E-state index in [0.717, 1.165) is 16.6 Å². The predicted molar refractivity (Wildman–Crippen MR) is 85.8 cm³/mol. The number of hydrogen-bond donors (Lipinski definition) is 1. The van der Waals surface area contributed by atoms with Crippen LogP contribution in [0.3, 0.4) is 0 Å². The molecule has 0 amide bonds. The van der Waals surface area contributed by atoms with Gasteiger partial charge < -0.3 is 9.51 Å². The van der Waals surface area contributed by atoms with Crippen molar-refractivity contribution in [2.45, 2.75) is 6.92 Å². The summed E-state index contributed by atoms with van der Waals surface area (Å²) in [6.07, 6.45) is 4.90. The lowest BCUT2D eigenvalue weighted by Gasteiger charge is -2.01. The molecule has 0 saturated carbocycles. The van der Waals surface area contributed by atoms with Gasteiger partial charge in [-0.2, -0.15) is 4.98 Å². The fraction of sp³-hybridized carbons (Fsp3) is 0.0588. The maximum Gasteiger partial charge on any atom is 0.263 e. The van der Waals surface area contributed by atoms with Crippen LogP contribution in [0, 0.1) is 6.92 Å². The molecule has 4 rings (SSSR count). The molecule has 0 fully saturated rings. The zero-order valence-corrected chi connectivity index (χ0v) is 12.3. The van der Waals surface area contributed by atoms with Gasteiger partial charge in [0.1, 0.15) is 5.56 Å². The summed E-state index contributed by atoms with van der Waals surface area (Å²) >= 11 is 0. The van der Waals surface area contributed by atoms with Crippen LogP contribution in [0.5, 0.6) is 0 Å². The largest absolute Gasteiger partial charge is 0.360 e. The van der Waals surface area contributed by atoms with Crippen molar-refractivity contribution in [2.75, 3.05) is 0 Å². The van der Waals surface area contributed by atoms with Crippen molar-refractivity contribution in [3.05, 3.63) is 64.7 Å². The van der Waals surface area contributed by atoms with Crippen LogP contribution in [0.15, 0.2) is 58.2 Å². The van der Waals surface area contributed by atoms with Crippen molar-refractivity contribution in [1.82, 2.24) is 20.1 Å². The number of fused-ring (bicyclic) bond motifs is 1. The summed E-state index contributed by atoms with van der Waals surface area (Å²) in [5, 5.41) is 4.54. The maximum absolute atomic E-state index is 12.7. The fourth-order valence-electron chi connectivity index (χ4n) is 2.44. The van der Waals surface area contributed by atoms with Gasteiger partial charge in [0.15, 0.2) is 0 Å². The van der Waals surface area contributed by atoms with Crippen LogP contribution in [0.4, 0.5) is 0 Å². The Balaban J connectivity index is 1.86. The Kier molecular flexibility index (Phi) is 3.01. The molecule has 1 N–H and O–H groups in total. The minimum Gasteiger partial charge on any atom is -0.360 e. The molecule has 6 heteroatoms. The van der Waals surface area contributed by atoms with Crippen molar-refractivity contribution in [3.63, 3.8) is 0 Å². The Labute approximate surface area is 130 Å². The molecule has 23 heavy (non-hydrogen) atoms. The summed E-state index contributed by atoms with van der Waals surface area (Å²) in [6, 6.07) is 9.24. The Morgan fingerprint density at radius 1 is 1.13 bits per heavy atom. The molecular weight excluding hydrogens is 292 g/mol. The Hall–Kier alpha value is -3.28. The molecule has 4 aromatic rings. The van der Waals surface area contributed by atoms with Crippen LogP contribution < -0.4 is 5.43 Å². The molecule has 0 aliphatic carbocycles. The molecule has 112 valence electrons. The number of nitrogens with one attached hydrogen (secondary N) is 1. The number of pyridine rings is 2. The second-order valence-corrected chi connectivity index (χ2v) is 5.24. The number of rotatable bonds is 2. The van der Waals surface area contributed by atoms with E-state index in [1.807, 2.05) is 25.1 Å². The highest BCUT2D eigenvalue weighted by Gasteiger charge is 2.15. The van der Waals surface area contributed by atoms with E-state index in [0.29, 0.717) is 16.8 Å². The summed E-state index contributed by atoms with van der Waals surface area (Å²) in [5.41, 5.74) is 2.80. The van der Waals surface area contributed by atoms with Gasteiger partial charge in [-0.1, -0.05) is 16.8 Å². The average Bonchev–Trinajstić information content (AvgIpc) is 3.06. The lowest BCUT2D eigenvalue weighted by Crippen LogP contribution is -2.06. The summed E-state index contributed by atoms with van der Waals surface area (Å²) in [6.45, 7) is 1.94. The first-order chi connectivity index (χ1) is 11.2. The third-order valence-electron chi connectivity index (χ3n) is 3.63. The highest BCUT2D eigenvalue weighted by molar-refractivity contribution is 5.82. The third-order valence-corrected chi connectivity index (χ3v) is 3.63. The van der Waals surface area contributed by atoms with Crippen LogP contribution in [0.25, 0.3) is 33.7 Å². The van der Waals surface area contributed by atoms with Gasteiger partial charge in [0, 0.05) is 35.1 Å². The first-order valence-electron chi connectivity index (χ1n) is 7.09. The molecule has 3 heterocycles.